The Hall–Kier alpha value is -3.68. The number of non-ortho nitro benzene ring substituents is 1. The van der Waals surface area contributed by atoms with Crippen LogP contribution in [0.5, 0.6) is 11.5 Å². The molecule has 1 heterocycles. The first-order valence-corrected chi connectivity index (χ1v) is 9.18. The molecule has 0 aliphatic carbocycles. The number of hydrogen-bond acceptors (Lipinski definition) is 5. The molecule has 0 spiro atoms. The Bertz CT molecular complexity index is 1070. The Morgan fingerprint density at radius 1 is 1.14 bits per heavy atom. The quantitative estimate of drug-likeness (QED) is 0.479. The zero-order valence-electron chi connectivity index (χ0n) is 16.7. The first-order valence-electron chi connectivity index (χ1n) is 9.18. The Kier molecular flexibility index (Phi) is 5.63. The summed E-state index contributed by atoms with van der Waals surface area (Å²) in [5.74, 6) is 0.432. The van der Waals surface area contributed by atoms with E-state index in [1.807, 2.05) is 32.9 Å². The number of amides is 1. The van der Waals surface area contributed by atoms with Gasteiger partial charge in [0.1, 0.15) is 11.5 Å². The van der Waals surface area contributed by atoms with Crippen molar-refractivity contribution in [1.82, 2.24) is 9.78 Å². The summed E-state index contributed by atoms with van der Waals surface area (Å²) >= 11 is 0. The minimum atomic E-state index is -0.525. The van der Waals surface area contributed by atoms with Crippen molar-refractivity contribution in [2.75, 3.05) is 5.32 Å². The molecule has 3 aromatic rings. The van der Waals surface area contributed by atoms with Crippen molar-refractivity contribution in [3.05, 3.63) is 75.1 Å². The second-order valence-electron chi connectivity index (χ2n) is 6.70. The number of hydrogen-bond donors (Lipinski definition) is 1. The van der Waals surface area contributed by atoms with Crippen LogP contribution in [0.2, 0.25) is 0 Å². The number of nitrogens with zero attached hydrogens (tertiary/aromatic N) is 3. The molecule has 1 amide bonds. The second kappa shape index (κ2) is 8.14. The monoisotopic (exact) mass is 394 g/mol. The SMILES string of the molecule is CCn1nc(C)c(C(=O)Nc2cc(Oc3ccc(C)cc3)cc([N+](=O)[O-])c2)c1C. The Morgan fingerprint density at radius 2 is 1.83 bits per heavy atom. The Morgan fingerprint density at radius 3 is 2.41 bits per heavy atom. The predicted molar refractivity (Wildman–Crippen MR) is 110 cm³/mol. The van der Waals surface area contributed by atoms with Gasteiger partial charge in [-0.1, -0.05) is 17.7 Å². The highest BCUT2D eigenvalue weighted by Crippen LogP contribution is 2.30. The van der Waals surface area contributed by atoms with Crippen molar-refractivity contribution in [3.63, 3.8) is 0 Å². The zero-order valence-corrected chi connectivity index (χ0v) is 16.7. The summed E-state index contributed by atoms with van der Waals surface area (Å²) in [6, 6.07) is 11.5. The summed E-state index contributed by atoms with van der Waals surface area (Å²) in [7, 11) is 0. The van der Waals surface area contributed by atoms with Crippen LogP contribution in [0.25, 0.3) is 0 Å². The van der Waals surface area contributed by atoms with Gasteiger partial charge in [-0.05, 0) is 39.8 Å². The molecule has 1 N–H and O–H groups in total. The van der Waals surface area contributed by atoms with Gasteiger partial charge in [0.15, 0.2) is 0 Å². The van der Waals surface area contributed by atoms with Crippen LogP contribution < -0.4 is 10.1 Å². The largest absolute Gasteiger partial charge is 0.457 e. The van der Waals surface area contributed by atoms with Crippen LogP contribution in [0.15, 0.2) is 42.5 Å². The molecule has 0 fully saturated rings. The third-order valence-corrected chi connectivity index (χ3v) is 4.52. The summed E-state index contributed by atoms with van der Waals surface area (Å²) in [6.45, 7) is 8.11. The number of nitrogens with one attached hydrogen (secondary N) is 1. The molecule has 1 aromatic heterocycles. The molecule has 0 saturated carbocycles. The van der Waals surface area contributed by atoms with E-state index in [1.165, 1.54) is 12.1 Å². The lowest BCUT2D eigenvalue weighted by Crippen LogP contribution is -2.14. The van der Waals surface area contributed by atoms with Crippen LogP contribution in [0.4, 0.5) is 11.4 Å². The fourth-order valence-electron chi connectivity index (χ4n) is 3.09. The molecule has 0 aliphatic rings. The van der Waals surface area contributed by atoms with Crippen LogP contribution in [0, 0.1) is 30.9 Å². The molecule has 0 atom stereocenters. The van der Waals surface area contributed by atoms with E-state index in [2.05, 4.69) is 10.4 Å². The highest BCUT2D eigenvalue weighted by atomic mass is 16.6. The molecule has 29 heavy (non-hydrogen) atoms. The number of aromatic nitrogens is 2. The van der Waals surface area contributed by atoms with Crippen molar-refractivity contribution < 1.29 is 14.5 Å². The topological polar surface area (TPSA) is 99.3 Å². The molecular formula is C21H22N4O4. The summed E-state index contributed by atoms with van der Waals surface area (Å²) in [5, 5.41) is 18.4. The van der Waals surface area contributed by atoms with Crippen LogP contribution in [-0.2, 0) is 6.54 Å². The van der Waals surface area contributed by atoms with Gasteiger partial charge in [0, 0.05) is 24.4 Å². The number of rotatable bonds is 6. The number of anilines is 1. The van der Waals surface area contributed by atoms with Crippen LogP contribution in [0.1, 0.15) is 34.2 Å². The van der Waals surface area contributed by atoms with Gasteiger partial charge in [0.2, 0.25) is 0 Å². The maximum Gasteiger partial charge on any atom is 0.275 e. The van der Waals surface area contributed by atoms with Crippen LogP contribution in [0.3, 0.4) is 0 Å². The van der Waals surface area contributed by atoms with E-state index >= 15 is 0 Å². The fraction of sp³-hybridized carbons (Fsp3) is 0.238. The number of nitro groups is 1. The molecule has 0 bridgehead atoms. The highest BCUT2D eigenvalue weighted by molar-refractivity contribution is 6.06. The minimum absolute atomic E-state index is 0.178. The van der Waals surface area contributed by atoms with Crippen LogP contribution in [-0.4, -0.2) is 20.6 Å². The molecule has 0 radical (unpaired) electrons. The number of benzene rings is 2. The molecule has 2 aromatic carbocycles. The Balaban J connectivity index is 1.91. The van der Waals surface area contributed by atoms with E-state index in [9.17, 15) is 14.9 Å². The molecule has 150 valence electrons. The van der Waals surface area contributed by atoms with Gasteiger partial charge in [-0.15, -0.1) is 0 Å². The summed E-state index contributed by atoms with van der Waals surface area (Å²) < 4.78 is 7.49. The zero-order chi connectivity index (χ0) is 21.1. The third kappa shape index (κ3) is 4.43. The number of aryl methyl sites for hydroxylation is 3. The summed E-state index contributed by atoms with van der Waals surface area (Å²) in [5.41, 5.74) is 2.96. The molecule has 8 heteroatoms. The third-order valence-electron chi connectivity index (χ3n) is 4.52. The number of nitro benzene ring substituents is 1. The highest BCUT2D eigenvalue weighted by Gasteiger charge is 2.20. The lowest BCUT2D eigenvalue weighted by atomic mass is 10.1. The standard InChI is InChI=1S/C21H22N4O4/c1-5-24-15(4)20(14(3)23-24)21(26)22-16-10-17(25(27)28)12-19(11-16)29-18-8-6-13(2)7-9-18/h6-12H,5H2,1-4H3,(H,22,26). The van der Waals surface area contributed by atoms with Crippen LogP contribution >= 0.6 is 0 Å². The molecule has 8 nitrogen and oxygen atoms in total. The van der Waals surface area contributed by atoms with Gasteiger partial charge < -0.3 is 10.1 Å². The van der Waals surface area contributed by atoms with Crippen molar-refractivity contribution >= 4 is 17.3 Å². The predicted octanol–water partition coefficient (Wildman–Crippen LogP) is 4.78. The summed E-state index contributed by atoms with van der Waals surface area (Å²) in [6.07, 6.45) is 0. The number of ether oxygens (including phenoxy) is 1. The fourth-order valence-corrected chi connectivity index (χ4v) is 3.09. The van der Waals surface area contributed by atoms with Gasteiger partial charge in [-0.2, -0.15) is 5.10 Å². The maximum atomic E-state index is 12.8. The summed E-state index contributed by atoms with van der Waals surface area (Å²) in [4.78, 5) is 23.6. The van der Waals surface area contributed by atoms with Crippen molar-refractivity contribution in [2.45, 2.75) is 34.2 Å². The van der Waals surface area contributed by atoms with Gasteiger partial charge in [0.05, 0.1) is 27.9 Å². The first kappa shape index (κ1) is 20.1. The minimum Gasteiger partial charge on any atom is -0.457 e. The molecule has 0 unspecified atom stereocenters. The molecular weight excluding hydrogens is 372 g/mol. The van der Waals surface area contributed by atoms with E-state index in [4.69, 9.17) is 4.74 Å². The molecule has 0 aliphatic heterocycles. The van der Waals surface area contributed by atoms with Gasteiger partial charge >= 0.3 is 0 Å². The van der Waals surface area contributed by atoms with E-state index in [-0.39, 0.29) is 23.0 Å². The Labute approximate surface area is 168 Å². The van der Waals surface area contributed by atoms with E-state index < -0.39 is 4.92 Å². The van der Waals surface area contributed by atoms with E-state index in [1.54, 1.807) is 29.8 Å². The average Bonchev–Trinajstić information content (AvgIpc) is 2.96. The van der Waals surface area contributed by atoms with E-state index in [0.29, 0.717) is 23.6 Å². The van der Waals surface area contributed by atoms with Crippen molar-refractivity contribution in [3.8, 4) is 11.5 Å². The van der Waals surface area contributed by atoms with Gasteiger partial charge in [0.25, 0.3) is 11.6 Å². The van der Waals surface area contributed by atoms with Crippen molar-refractivity contribution in [2.24, 2.45) is 0 Å². The number of carbonyl (C=O) groups is 1. The number of carbonyl (C=O) groups excluding carboxylic acids is 1. The lowest BCUT2D eigenvalue weighted by molar-refractivity contribution is -0.384. The smallest absolute Gasteiger partial charge is 0.275 e. The van der Waals surface area contributed by atoms with Gasteiger partial charge in [-0.25, -0.2) is 0 Å². The first-order chi connectivity index (χ1) is 13.8. The maximum absolute atomic E-state index is 12.8. The average molecular weight is 394 g/mol. The van der Waals surface area contributed by atoms with Crippen molar-refractivity contribution in [1.29, 1.82) is 0 Å². The molecule has 0 saturated heterocycles. The second-order valence-corrected chi connectivity index (χ2v) is 6.70. The van der Waals surface area contributed by atoms with E-state index in [0.717, 1.165) is 11.3 Å². The van der Waals surface area contributed by atoms with Gasteiger partial charge in [-0.3, -0.25) is 19.6 Å². The molecule has 3 rings (SSSR count). The normalized spacial score (nSPS) is 10.6. The lowest BCUT2D eigenvalue weighted by Gasteiger charge is -2.10.